The Balaban J connectivity index is 1.57. The molecule has 2 aromatic rings. The van der Waals surface area contributed by atoms with E-state index in [1.165, 1.54) is 11.0 Å². The number of allylic oxidation sites excluding steroid dienone is 1. The molecule has 0 spiro atoms. The van der Waals surface area contributed by atoms with Crippen molar-refractivity contribution in [3.8, 4) is 11.5 Å². The monoisotopic (exact) mass is 443 g/mol. The van der Waals surface area contributed by atoms with Crippen molar-refractivity contribution in [1.29, 1.82) is 0 Å². The second kappa shape index (κ2) is 7.07. The van der Waals surface area contributed by atoms with Crippen LogP contribution in [0.4, 0.5) is 5.69 Å². The molecule has 1 amide bonds. The van der Waals surface area contributed by atoms with Crippen LogP contribution in [0.2, 0.25) is 0 Å². The molecule has 144 valence electrons. The van der Waals surface area contributed by atoms with E-state index in [2.05, 4.69) is 15.9 Å². The molecule has 6 nitrogen and oxygen atoms in total. The summed E-state index contributed by atoms with van der Waals surface area (Å²) in [6.07, 6.45) is 2.67. The van der Waals surface area contributed by atoms with Gasteiger partial charge in [-0.15, -0.1) is 0 Å². The fourth-order valence-electron chi connectivity index (χ4n) is 3.52. The maximum absolute atomic E-state index is 12.8. The Labute approximate surface area is 170 Å². The molecular weight excluding hydrogens is 426 g/mol. The largest absolute Gasteiger partial charge is 0.454 e. The first-order valence-electron chi connectivity index (χ1n) is 8.87. The van der Waals surface area contributed by atoms with E-state index in [1.807, 2.05) is 13.0 Å². The summed E-state index contributed by atoms with van der Waals surface area (Å²) >= 11 is 3.37. The summed E-state index contributed by atoms with van der Waals surface area (Å²) in [7, 11) is 0. The van der Waals surface area contributed by atoms with E-state index in [1.54, 1.807) is 36.4 Å². The van der Waals surface area contributed by atoms with Crippen LogP contribution in [-0.4, -0.2) is 30.1 Å². The molecule has 0 fully saturated rings. The molecule has 0 saturated heterocycles. The molecule has 28 heavy (non-hydrogen) atoms. The number of likely N-dealkylation sites (N-methyl/N-ethyl adjacent to an activating group) is 1. The third-order valence-electron chi connectivity index (χ3n) is 4.90. The smallest absolute Gasteiger partial charge is 0.264 e. The Hall–Kier alpha value is -2.64. The fraction of sp³-hybridized carbons (Fsp3) is 0.238. The van der Waals surface area contributed by atoms with Gasteiger partial charge in [-0.3, -0.25) is 9.59 Å². The van der Waals surface area contributed by atoms with Crippen molar-refractivity contribution in [2.24, 2.45) is 0 Å². The van der Waals surface area contributed by atoms with Crippen molar-refractivity contribution in [3.05, 3.63) is 58.1 Å². The standard InChI is InChI=1S/C21H18BrNO5/c1-2-23-17-7-5-14(22)10-16(17)21(26,20(23)25)11-15(24)6-3-13-4-8-18-19(9-13)28-12-27-18/h3-10,26H,2,11-12H2,1H3/b6-3+/t21-/m0/s1. The summed E-state index contributed by atoms with van der Waals surface area (Å²) < 4.78 is 11.3. The second-order valence-corrected chi connectivity index (χ2v) is 7.58. The minimum atomic E-state index is -1.87. The van der Waals surface area contributed by atoms with Crippen LogP contribution in [0.3, 0.4) is 0 Å². The van der Waals surface area contributed by atoms with Crippen LogP contribution in [0.15, 0.2) is 46.9 Å². The SMILES string of the molecule is CCN1C(=O)[C@](O)(CC(=O)/C=C/c2ccc3c(c2)OCO3)c2cc(Br)ccc21. The number of nitrogens with zero attached hydrogens (tertiary/aromatic N) is 1. The number of fused-ring (bicyclic) bond motifs is 2. The first kappa shape index (κ1) is 18.7. The van der Waals surface area contributed by atoms with Gasteiger partial charge in [-0.25, -0.2) is 0 Å². The lowest BCUT2D eigenvalue weighted by atomic mass is 9.89. The van der Waals surface area contributed by atoms with E-state index >= 15 is 0 Å². The van der Waals surface area contributed by atoms with E-state index < -0.39 is 11.5 Å². The van der Waals surface area contributed by atoms with Gasteiger partial charge < -0.3 is 19.5 Å². The zero-order valence-electron chi connectivity index (χ0n) is 15.1. The summed E-state index contributed by atoms with van der Waals surface area (Å²) in [4.78, 5) is 26.9. The second-order valence-electron chi connectivity index (χ2n) is 6.66. The van der Waals surface area contributed by atoms with Crippen molar-refractivity contribution in [1.82, 2.24) is 0 Å². The summed E-state index contributed by atoms with van der Waals surface area (Å²) in [6.45, 7) is 2.42. The van der Waals surface area contributed by atoms with Gasteiger partial charge in [0, 0.05) is 16.6 Å². The molecule has 2 aromatic carbocycles. The molecule has 4 rings (SSSR count). The predicted octanol–water partition coefficient (Wildman–Crippen LogP) is 3.40. The molecule has 0 aliphatic carbocycles. The van der Waals surface area contributed by atoms with Crippen LogP contribution in [0.5, 0.6) is 11.5 Å². The third kappa shape index (κ3) is 3.10. The molecule has 0 aromatic heterocycles. The quantitative estimate of drug-likeness (QED) is 0.716. The molecular formula is C21H18BrNO5. The van der Waals surface area contributed by atoms with Gasteiger partial charge >= 0.3 is 0 Å². The van der Waals surface area contributed by atoms with Gasteiger partial charge in [0.25, 0.3) is 5.91 Å². The van der Waals surface area contributed by atoms with Crippen LogP contribution in [-0.2, 0) is 15.2 Å². The van der Waals surface area contributed by atoms with E-state index in [4.69, 9.17) is 9.47 Å². The van der Waals surface area contributed by atoms with Crippen molar-refractivity contribution in [2.45, 2.75) is 18.9 Å². The Morgan fingerprint density at radius 2 is 2.04 bits per heavy atom. The molecule has 0 saturated carbocycles. The van der Waals surface area contributed by atoms with Gasteiger partial charge in [0.1, 0.15) is 0 Å². The lowest BCUT2D eigenvalue weighted by Crippen LogP contribution is -2.41. The molecule has 1 N–H and O–H groups in total. The maximum atomic E-state index is 12.8. The van der Waals surface area contributed by atoms with Crippen LogP contribution in [0, 0.1) is 0 Å². The average molecular weight is 444 g/mol. The highest BCUT2D eigenvalue weighted by molar-refractivity contribution is 9.10. The van der Waals surface area contributed by atoms with Crippen LogP contribution >= 0.6 is 15.9 Å². The minimum absolute atomic E-state index is 0.180. The van der Waals surface area contributed by atoms with Crippen molar-refractivity contribution in [2.75, 3.05) is 18.2 Å². The topological polar surface area (TPSA) is 76.1 Å². The maximum Gasteiger partial charge on any atom is 0.264 e. The first-order chi connectivity index (χ1) is 13.4. The molecule has 0 unspecified atom stereocenters. The number of amides is 1. The zero-order chi connectivity index (χ0) is 19.9. The van der Waals surface area contributed by atoms with Gasteiger partial charge in [0.05, 0.1) is 12.1 Å². The van der Waals surface area contributed by atoms with E-state index in [0.717, 1.165) is 10.0 Å². The van der Waals surface area contributed by atoms with Crippen LogP contribution in [0.25, 0.3) is 6.08 Å². The number of aliphatic hydroxyl groups is 1. The molecule has 1 atom stereocenters. The predicted molar refractivity (Wildman–Crippen MR) is 107 cm³/mol. The fourth-order valence-corrected chi connectivity index (χ4v) is 3.89. The van der Waals surface area contributed by atoms with Crippen LogP contribution in [0.1, 0.15) is 24.5 Å². The number of ether oxygens (including phenoxy) is 2. The molecule has 7 heteroatoms. The number of hydrogen-bond acceptors (Lipinski definition) is 5. The lowest BCUT2D eigenvalue weighted by molar-refractivity contribution is -0.140. The number of carbonyl (C=O) groups is 2. The highest BCUT2D eigenvalue weighted by atomic mass is 79.9. The summed E-state index contributed by atoms with van der Waals surface area (Å²) in [6, 6.07) is 10.6. The van der Waals surface area contributed by atoms with Crippen LogP contribution < -0.4 is 14.4 Å². The molecule has 2 heterocycles. The van der Waals surface area contributed by atoms with Crippen molar-refractivity contribution >= 4 is 39.4 Å². The summed E-state index contributed by atoms with van der Waals surface area (Å²) in [5.74, 6) is 0.457. The number of hydrogen-bond donors (Lipinski definition) is 1. The summed E-state index contributed by atoms with van der Waals surface area (Å²) in [5.41, 5.74) is -0.0317. The van der Waals surface area contributed by atoms with Gasteiger partial charge in [0.2, 0.25) is 6.79 Å². The van der Waals surface area contributed by atoms with Crippen molar-refractivity contribution in [3.63, 3.8) is 0 Å². The van der Waals surface area contributed by atoms with Crippen molar-refractivity contribution < 1.29 is 24.2 Å². The van der Waals surface area contributed by atoms with E-state index in [0.29, 0.717) is 29.3 Å². The Kier molecular flexibility index (Phi) is 4.72. The summed E-state index contributed by atoms with van der Waals surface area (Å²) in [5, 5.41) is 11.1. The Morgan fingerprint density at radius 3 is 2.82 bits per heavy atom. The number of ketones is 1. The highest BCUT2D eigenvalue weighted by Crippen LogP contribution is 2.43. The van der Waals surface area contributed by atoms with Gasteiger partial charge in [-0.2, -0.15) is 0 Å². The third-order valence-corrected chi connectivity index (χ3v) is 5.39. The average Bonchev–Trinajstić information content (AvgIpc) is 3.22. The van der Waals surface area contributed by atoms with Gasteiger partial charge in [-0.1, -0.05) is 28.1 Å². The van der Waals surface area contributed by atoms with E-state index in [-0.39, 0.29) is 19.0 Å². The molecule has 0 bridgehead atoms. The Bertz CT molecular complexity index is 1000. The first-order valence-corrected chi connectivity index (χ1v) is 9.66. The molecule has 0 radical (unpaired) electrons. The molecule has 2 aliphatic rings. The van der Waals surface area contributed by atoms with Gasteiger partial charge in [0.15, 0.2) is 22.9 Å². The zero-order valence-corrected chi connectivity index (χ0v) is 16.7. The van der Waals surface area contributed by atoms with Gasteiger partial charge in [-0.05, 0) is 48.9 Å². The number of halogens is 1. The van der Waals surface area contributed by atoms with E-state index in [9.17, 15) is 14.7 Å². The number of anilines is 1. The number of rotatable bonds is 5. The minimum Gasteiger partial charge on any atom is -0.454 e. The number of benzene rings is 2. The number of carbonyl (C=O) groups excluding carboxylic acids is 2. The lowest BCUT2D eigenvalue weighted by Gasteiger charge is -2.21. The Morgan fingerprint density at radius 1 is 1.25 bits per heavy atom. The molecule has 2 aliphatic heterocycles. The normalized spacial score (nSPS) is 20.1. The highest BCUT2D eigenvalue weighted by Gasteiger charge is 2.50.